The van der Waals surface area contributed by atoms with E-state index < -0.39 is 5.79 Å². The molecule has 2 aliphatic rings. The van der Waals surface area contributed by atoms with Gasteiger partial charge in [-0.15, -0.1) is 11.3 Å². The predicted molar refractivity (Wildman–Crippen MR) is 86.0 cm³/mol. The SMILES string of the molecule is Cc1csc(Sc2cc3c(cc2[N+](=O)[O-])CCC32OCCO2)n1. The van der Waals surface area contributed by atoms with Gasteiger partial charge in [-0.3, -0.25) is 10.1 Å². The standard InChI is InChI=1S/C15H14N2O4S2/c1-9-8-22-14(16-9)23-13-7-11-10(6-12(13)17(18)19)2-3-15(11)20-4-5-21-15/h6-8H,2-5H2,1H3. The van der Waals surface area contributed by atoms with E-state index in [1.165, 1.54) is 23.1 Å². The molecule has 1 aromatic carbocycles. The van der Waals surface area contributed by atoms with E-state index in [0.29, 0.717) is 24.5 Å². The number of benzene rings is 1. The number of rotatable bonds is 3. The Morgan fingerprint density at radius 1 is 1.39 bits per heavy atom. The van der Waals surface area contributed by atoms with Crippen LogP contribution in [0.3, 0.4) is 0 Å². The van der Waals surface area contributed by atoms with Crippen LogP contribution in [0.25, 0.3) is 0 Å². The van der Waals surface area contributed by atoms with Crippen molar-refractivity contribution in [2.45, 2.75) is 34.8 Å². The Morgan fingerprint density at radius 2 is 2.17 bits per heavy atom. The Hall–Kier alpha value is -1.48. The smallest absolute Gasteiger partial charge is 0.283 e. The van der Waals surface area contributed by atoms with Crippen LogP contribution in [0, 0.1) is 17.0 Å². The van der Waals surface area contributed by atoms with E-state index in [9.17, 15) is 10.1 Å². The quantitative estimate of drug-likeness (QED) is 0.621. The molecule has 0 atom stereocenters. The van der Waals surface area contributed by atoms with E-state index in [-0.39, 0.29) is 10.6 Å². The molecule has 0 bridgehead atoms. The summed E-state index contributed by atoms with van der Waals surface area (Å²) in [6.45, 7) is 3.03. The fourth-order valence-corrected chi connectivity index (χ4v) is 4.98. The molecule has 6 nitrogen and oxygen atoms in total. The zero-order valence-corrected chi connectivity index (χ0v) is 14.0. The number of nitro benzene ring substituents is 1. The Labute approximate surface area is 141 Å². The minimum atomic E-state index is -0.710. The summed E-state index contributed by atoms with van der Waals surface area (Å²) >= 11 is 2.81. The number of thiazole rings is 1. The van der Waals surface area contributed by atoms with Gasteiger partial charge in [-0.1, -0.05) is 11.8 Å². The van der Waals surface area contributed by atoms with Crippen LogP contribution < -0.4 is 0 Å². The van der Waals surface area contributed by atoms with Crippen LogP contribution >= 0.6 is 23.1 Å². The number of nitrogens with zero attached hydrogens (tertiary/aromatic N) is 2. The molecule has 8 heteroatoms. The lowest BCUT2D eigenvalue weighted by Gasteiger charge is -2.23. The van der Waals surface area contributed by atoms with Gasteiger partial charge in [0.05, 0.1) is 23.0 Å². The maximum absolute atomic E-state index is 11.4. The molecule has 23 heavy (non-hydrogen) atoms. The number of fused-ring (bicyclic) bond motifs is 2. The van der Waals surface area contributed by atoms with Gasteiger partial charge in [0.15, 0.2) is 10.1 Å². The first-order chi connectivity index (χ1) is 11.1. The molecule has 1 saturated heterocycles. The lowest BCUT2D eigenvalue weighted by Crippen LogP contribution is -2.23. The highest BCUT2D eigenvalue weighted by atomic mass is 32.2. The van der Waals surface area contributed by atoms with Crippen molar-refractivity contribution in [1.29, 1.82) is 0 Å². The van der Waals surface area contributed by atoms with Gasteiger partial charge >= 0.3 is 0 Å². The molecule has 2 aromatic rings. The summed E-state index contributed by atoms with van der Waals surface area (Å²) in [7, 11) is 0. The Kier molecular flexibility index (Phi) is 3.64. The van der Waals surface area contributed by atoms with Gasteiger partial charge in [-0.25, -0.2) is 4.98 Å². The van der Waals surface area contributed by atoms with E-state index in [2.05, 4.69) is 4.98 Å². The summed E-state index contributed by atoms with van der Waals surface area (Å²) in [5, 5.41) is 13.4. The molecule has 1 aromatic heterocycles. The van der Waals surface area contributed by atoms with Gasteiger partial charge in [0, 0.05) is 29.1 Å². The summed E-state index contributed by atoms with van der Waals surface area (Å²) < 4.78 is 12.4. The molecular weight excluding hydrogens is 336 g/mol. The third-order valence-electron chi connectivity index (χ3n) is 4.06. The molecule has 0 unspecified atom stereocenters. The van der Waals surface area contributed by atoms with Crippen LogP contribution in [0.4, 0.5) is 5.69 Å². The zero-order valence-electron chi connectivity index (χ0n) is 12.4. The third-order valence-corrected chi connectivity index (χ3v) is 6.17. The molecule has 1 fully saturated rings. The van der Waals surface area contributed by atoms with Crippen molar-refractivity contribution in [3.8, 4) is 0 Å². The first-order valence-electron chi connectivity index (χ1n) is 7.27. The van der Waals surface area contributed by atoms with Crippen LogP contribution in [0.15, 0.2) is 26.7 Å². The van der Waals surface area contributed by atoms with Crippen molar-refractivity contribution in [3.05, 3.63) is 44.4 Å². The highest BCUT2D eigenvalue weighted by Gasteiger charge is 2.45. The molecule has 1 aliphatic carbocycles. The lowest BCUT2D eigenvalue weighted by atomic mass is 10.1. The minimum Gasteiger partial charge on any atom is -0.343 e. The molecule has 1 aliphatic heterocycles. The maximum Gasteiger partial charge on any atom is 0.283 e. The van der Waals surface area contributed by atoms with Crippen molar-refractivity contribution in [2.24, 2.45) is 0 Å². The van der Waals surface area contributed by atoms with Crippen molar-refractivity contribution in [2.75, 3.05) is 13.2 Å². The normalized spacial score (nSPS) is 18.5. The molecule has 0 amide bonds. The van der Waals surface area contributed by atoms with Crippen molar-refractivity contribution >= 4 is 28.8 Å². The van der Waals surface area contributed by atoms with Gasteiger partial charge in [0.1, 0.15) is 0 Å². The molecule has 4 rings (SSSR count). The average Bonchev–Trinajstić information content (AvgIpc) is 3.22. The van der Waals surface area contributed by atoms with Gasteiger partial charge in [-0.2, -0.15) is 0 Å². The molecule has 1 spiro atoms. The summed E-state index contributed by atoms with van der Waals surface area (Å²) in [6.07, 6.45) is 1.45. The minimum absolute atomic E-state index is 0.122. The number of aryl methyl sites for hydroxylation is 2. The summed E-state index contributed by atoms with van der Waals surface area (Å²) in [6, 6.07) is 3.52. The largest absolute Gasteiger partial charge is 0.343 e. The number of aromatic nitrogens is 1. The maximum atomic E-state index is 11.4. The topological polar surface area (TPSA) is 74.5 Å². The number of hydrogen-bond acceptors (Lipinski definition) is 7. The monoisotopic (exact) mass is 350 g/mol. The van der Waals surface area contributed by atoms with Crippen LogP contribution in [-0.2, 0) is 21.7 Å². The van der Waals surface area contributed by atoms with Crippen molar-refractivity contribution in [3.63, 3.8) is 0 Å². The van der Waals surface area contributed by atoms with Gasteiger partial charge in [-0.05, 0) is 25.0 Å². The number of nitro groups is 1. The predicted octanol–water partition coefficient (Wildman–Crippen LogP) is 3.66. The zero-order chi connectivity index (χ0) is 16.0. The first kappa shape index (κ1) is 15.1. The average molecular weight is 350 g/mol. The van der Waals surface area contributed by atoms with Crippen LogP contribution in [0.1, 0.15) is 23.2 Å². The molecule has 0 N–H and O–H groups in total. The molecular formula is C15H14N2O4S2. The van der Waals surface area contributed by atoms with E-state index in [1.807, 2.05) is 18.4 Å². The highest BCUT2D eigenvalue weighted by Crippen LogP contribution is 2.48. The first-order valence-corrected chi connectivity index (χ1v) is 8.97. The summed E-state index contributed by atoms with van der Waals surface area (Å²) in [4.78, 5) is 16.1. The van der Waals surface area contributed by atoms with Crippen molar-refractivity contribution in [1.82, 2.24) is 4.98 Å². The second kappa shape index (κ2) is 5.55. The Morgan fingerprint density at radius 3 is 2.83 bits per heavy atom. The fourth-order valence-electron chi connectivity index (χ4n) is 3.06. The highest BCUT2D eigenvalue weighted by molar-refractivity contribution is 8.01. The third kappa shape index (κ3) is 2.55. The fraction of sp³-hybridized carbons (Fsp3) is 0.400. The van der Waals surface area contributed by atoms with Gasteiger partial charge in [0.2, 0.25) is 0 Å². The molecule has 0 radical (unpaired) electrons. The number of ether oxygens (including phenoxy) is 2. The lowest BCUT2D eigenvalue weighted by molar-refractivity contribution is -0.387. The summed E-state index contributed by atoms with van der Waals surface area (Å²) in [5.41, 5.74) is 2.91. The van der Waals surface area contributed by atoms with Gasteiger partial charge in [0.25, 0.3) is 5.69 Å². The molecule has 0 saturated carbocycles. The van der Waals surface area contributed by atoms with E-state index in [1.54, 1.807) is 6.07 Å². The second-order valence-electron chi connectivity index (χ2n) is 5.54. The van der Waals surface area contributed by atoms with Crippen molar-refractivity contribution < 1.29 is 14.4 Å². The number of hydrogen-bond donors (Lipinski definition) is 0. The van der Waals surface area contributed by atoms with Crippen LogP contribution in [0.5, 0.6) is 0 Å². The van der Waals surface area contributed by atoms with E-state index in [4.69, 9.17) is 9.47 Å². The summed E-state index contributed by atoms with van der Waals surface area (Å²) in [5.74, 6) is -0.710. The van der Waals surface area contributed by atoms with E-state index in [0.717, 1.165) is 27.6 Å². The van der Waals surface area contributed by atoms with Crippen LogP contribution in [-0.4, -0.2) is 23.1 Å². The van der Waals surface area contributed by atoms with Crippen LogP contribution in [0.2, 0.25) is 0 Å². The Bertz CT molecular complexity index is 784. The van der Waals surface area contributed by atoms with Gasteiger partial charge < -0.3 is 9.47 Å². The van der Waals surface area contributed by atoms with E-state index >= 15 is 0 Å². The Balaban J connectivity index is 1.79. The second-order valence-corrected chi connectivity index (χ2v) is 7.69. The molecule has 2 heterocycles. The molecule has 120 valence electrons.